The lowest BCUT2D eigenvalue weighted by molar-refractivity contribution is -0.121. The summed E-state index contributed by atoms with van der Waals surface area (Å²) in [5.74, 6) is 1.69. The monoisotopic (exact) mass is 446 g/mol. The van der Waals surface area contributed by atoms with Crippen LogP contribution in [0.1, 0.15) is 60.7 Å². The van der Waals surface area contributed by atoms with E-state index in [4.69, 9.17) is 0 Å². The van der Waals surface area contributed by atoms with E-state index in [9.17, 15) is 4.79 Å². The average Bonchev–Trinajstić information content (AvgIpc) is 3.15. The minimum atomic E-state index is 0.0480. The highest BCUT2D eigenvalue weighted by molar-refractivity contribution is 5.76. The van der Waals surface area contributed by atoms with Gasteiger partial charge in [0.15, 0.2) is 11.6 Å². The number of hydrogen-bond donors (Lipinski definition) is 1. The molecule has 1 aromatic carbocycles. The summed E-state index contributed by atoms with van der Waals surface area (Å²) in [6.45, 7) is 8.80. The number of carbonyl (C=O) groups is 1. The fraction of sp³-hybridized carbons (Fsp3) is 0.462. The summed E-state index contributed by atoms with van der Waals surface area (Å²) in [5, 5.41) is 16.6. The van der Waals surface area contributed by atoms with Crippen molar-refractivity contribution >= 4 is 11.7 Å². The van der Waals surface area contributed by atoms with Crippen molar-refractivity contribution in [2.24, 2.45) is 0 Å². The molecule has 0 spiro atoms. The van der Waals surface area contributed by atoms with E-state index in [-0.39, 0.29) is 5.91 Å². The minimum absolute atomic E-state index is 0.0480. The number of aromatic nitrogens is 4. The molecule has 3 aromatic rings. The van der Waals surface area contributed by atoms with Crippen molar-refractivity contribution in [3.8, 4) is 5.82 Å². The molecule has 2 aromatic heterocycles. The zero-order valence-corrected chi connectivity index (χ0v) is 20.0. The van der Waals surface area contributed by atoms with Crippen LogP contribution in [0.15, 0.2) is 36.4 Å². The summed E-state index contributed by atoms with van der Waals surface area (Å²) in [4.78, 5) is 14.7. The van der Waals surface area contributed by atoms with Crippen LogP contribution in [0.4, 0.5) is 5.82 Å². The van der Waals surface area contributed by atoms with Crippen molar-refractivity contribution in [3.63, 3.8) is 0 Å². The fourth-order valence-corrected chi connectivity index (χ4v) is 4.40. The van der Waals surface area contributed by atoms with Crippen LogP contribution in [-0.4, -0.2) is 39.0 Å². The molecule has 7 nitrogen and oxygen atoms in total. The lowest BCUT2D eigenvalue weighted by atomic mass is 10.1. The molecular weight excluding hydrogens is 412 g/mol. The molecule has 0 atom stereocenters. The van der Waals surface area contributed by atoms with Crippen LogP contribution < -0.4 is 10.2 Å². The molecular formula is C26H34N6O. The minimum Gasteiger partial charge on any atom is -0.355 e. The van der Waals surface area contributed by atoms with Crippen molar-refractivity contribution in [2.45, 2.75) is 65.8 Å². The Morgan fingerprint density at radius 2 is 1.61 bits per heavy atom. The predicted molar refractivity (Wildman–Crippen MR) is 131 cm³/mol. The van der Waals surface area contributed by atoms with E-state index < -0.39 is 0 Å². The standard InChI is InChI=1S/C26H34N6O/c1-4-21-8-10-22(11-9-21)18-27-26(33)15-12-23-19(2)30-32(20(23)3)25-14-13-24(28-29-25)31-16-6-5-7-17-31/h8-11,13-14H,4-7,12,15-18H2,1-3H3,(H,27,33). The maximum Gasteiger partial charge on any atom is 0.220 e. The topological polar surface area (TPSA) is 75.9 Å². The maximum atomic E-state index is 12.4. The van der Waals surface area contributed by atoms with Gasteiger partial charge in [-0.1, -0.05) is 31.2 Å². The summed E-state index contributed by atoms with van der Waals surface area (Å²) in [6.07, 6.45) is 5.82. The Morgan fingerprint density at radius 3 is 2.27 bits per heavy atom. The van der Waals surface area contributed by atoms with E-state index in [1.807, 2.05) is 30.7 Å². The highest BCUT2D eigenvalue weighted by Crippen LogP contribution is 2.21. The first kappa shape index (κ1) is 23.0. The van der Waals surface area contributed by atoms with Crippen LogP contribution in [0.25, 0.3) is 5.82 Å². The maximum absolute atomic E-state index is 12.4. The number of benzene rings is 1. The molecule has 1 saturated heterocycles. The van der Waals surface area contributed by atoms with E-state index in [1.54, 1.807) is 0 Å². The molecule has 0 bridgehead atoms. The van der Waals surface area contributed by atoms with E-state index in [0.717, 1.165) is 47.8 Å². The van der Waals surface area contributed by atoms with Gasteiger partial charge in [-0.3, -0.25) is 4.79 Å². The predicted octanol–water partition coefficient (Wildman–Crippen LogP) is 4.08. The Balaban J connectivity index is 1.35. The van der Waals surface area contributed by atoms with E-state index in [2.05, 4.69) is 56.7 Å². The number of nitrogens with one attached hydrogen (secondary N) is 1. The van der Waals surface area contributed by atoms with Gasteiger partial charge < -0.3 is 10.2 Å². The molecule has 4 rings (SSSR count). The lowest BCUT2D eigenvalue weighted by Crippen LogP contribution is -2.30. The first-order chi connectivity index (χ1) is 16.0. The smallest absolute Gasteiger partial charge is 0.220 e. The van der Waals surface area contributed by atoms with Crippen LogP contribution in [0.3, 0.4) is 0 Å². The van der Waals surface area contributed by atoms with Gasteiger partial charge in [0.25, 0.3) is 0 Å². The third-order valence-corrected chi connectivity index (χ3v) is 6.50. The van der Waals surface area contributed by atoms with Crippen molar-refractivity contribution in [3.05, 3.63) is 64.5 Å². The second kappa shape index (κ2) is 10.6. The Bertz CT molecular complexity index is 1070. The van der Waals surface area contributed by atoms with Gasteiger partial charge in [0.1, 0.15) is 0 Å². The average molecular weight is 447 g/mol. The SMILES string of the molecule is CCc1ccc(CNC(=O)CCc2c(C)nn(-c3ccc(N4CCCCC4)nn3)c2C)cc1. The van der Waals surface area contributed by atoms with Gasteiger partial charge in [-0.2, -0.15) is 5.10 Å². The molecule has 1 amide bonds. The lowest BCUT2D eigenvalue weighted by Gasteiger charge is -2.27. The molecule has 1 aliphatic rings. The second-order valence-corrected chi connectivity index (χ2v) is 8.81. The summed E-state index contributed by atoms with van der Waals surface area (Å²) in [5.41, 5.74) is 5.46. The number of piperidine rings is 1. The molecule has 1 fully saturated rings. The molecule has 33 heavy (non-hydrogen) atoms. The molecule has 1 N–H and O–H groups in total. The Labute approximate surface area is 196 Å². The molecule has 3 heterocycles. The van der Waals surface area contributed by atoms with Gasteiger partial charge in [-0.25, -0.2) is 4.68 Å². The highest BCUT2D eigenvalue weighted by atomic mass is 16.1. The van der Waals surface area contributed by atoms with Gasteiger partial charge in [-0.05, 0) is 74.8 Å². The van der Waals surface area contributed by atoms with Crippen molar-refractivity contribution < 1.29 is 4.79 Å². The number of nitrogens with zero attached hydrogens (tertiary/aromatic N) is 5. The molecule has 174 valence electrons. The first-order valence-electron chi connectivity index (χ1n) is 12.0. The largest absolute Gasteiger partial charge is 0.355 e. The summed E-state index contributed by atoms with van der Waals surface area (Å²) in [7, 11) is 0. The van der Waals surface area contributed by atoms with Crippen LogP contribution in [-0.2, 0) is 24.2 Å². The van der Waals surface area contributed by atoms with Crippen LogP contribution in [0.2, 0.25) is 0 Å². The number of hydrogen-bond acceptors (Lipinski definition) is 5. The van der Waals surface area contributed by atoms with Crippen LogP contribution >= 0.6 is 0 Å². The Hall–Kier alpha value is -3.22. The van der Waals surface area contributed by atoms with E-state index in [1.165, 1.54) is 24.8 Å². The normalized spacial score (nSPS) is 13.8. The summed E-state index contributed by atoms with van der Waals surface area (Å²) in [6, 6.07) is 12.4. The first-order valence-corrected chi connectivity index (χ1v) is 12.0. The number of anilines is 1. The summed E-state index contributed by atoms with van der Waals surface area (Å²) >= 11 is 0. The molecule has 1 aliphatic heterocycles. The van der Waals surface area contributed by atoms with E-state index in [0.29, 0.717) is 25.2 Å². The van der Waals surface area contributed by atoms with Crippen molar-refractivity contribution in [1.29, 1.82) is 0 Å². The third kappa shape index (κ3) is 5.59. The Morgan fingerprint density at radius 1 is 0.939 bits per heavy atom. The van der Waals surface area contributed by atoms with Gasteiger partial charge in [0.2, 0.25) is 5.91 Å². The van der Waals surface area contributed by atoms with E-state index >= 15 is 0 Å². The second-order valence-electron chi connectivity index (χ2n) is 8.81. The van der Waals surface area contributed by atoms with Crippen LogP contribution in [0.5, 0.6) is 0 Å². The molecule has 7 heteroatoms. The number of carbonyl (C=O) groups excluding carboxylic acids is 1. The van der Waals surface area contributed by atoms with Crippen molar-refractivity contribution in [2.75, 3.05) is 18.0 Å². The fourth-order valence-electron chi connectivity index (χ4n) is 4.40. The molecule has 0 saturated carbocycles. The van der Waals surface area contributed by atoms with Crippen LogP contribution in [0, 0.1) is 13.8 Å². The van der Waals surface area contributed by atoms with Gasteiger partial charge >= 0.3 is 0 Å². The number of rotatable bonds is 8. The molecule has 0 aliphatic carbocycles. The third-order valence-electron chi connectivity index (χ3n) is 6.50. The van der Waals surface area contributed by atoms with Gasteiger partial charge in [0.05, 0.1) is 5.69 Å². The van der Waals surface area contributed by atoms with Crippen molar-refractivity contribution in [1.82, 2.24) is 25.3 Å². The number of amides is 1. The zero-order chi connectivity index (χ0) is 23.2. The van der Waals surface area contributed by atoms with Gasteiger partial charge in [-0.15, -0.1) is 10.2 Å². The number of aryl methyl sites for hydroxylation is 2. The molecule has 0 radical (unpaired) electrons. The highest BCUT2D eigenvalue weighted by Gasteiger charge is 2.17. The summed E-state index contributed by atoms with van der Waals surface area (Å²) < 4.78 is 1.84. The zero-order valence-electron chi connectivity index (χ0n) is 20.0. The molecule has 0 unspecified atom stereocenters. The van der Waals surface area contributed by atoms with Gasteiger partial charge in [0, 0.05) is 31.7 Å². The Kier molecular flexibility index (Phi) is 7.37. The quantitative estimate of drug-likeness (QED) is 0.564.